The van der Waals surface area contributed by atoms with E-state index in [2.05, 4.69) is 9.88 Å². The van der Waals surface area contributed by atoms with E-state index in [1.165, 1.54) is 28.4 Å². The number of hydrogen-bond acceptors (Lipinski definition) is 6. The third-order valence-electron chi connectivity index (χ3n) is 5.58. The van der Waals surface area contributed by atoms with Gasteiger partial charge in [-0.1, -0.05) is 37.3 Å². The molecule has 0 spiro atoms. The number of fused-ring (bicyclic) bond motifs is 2. The highest BCUT2D eigenvalue weighted by Crippen LogP contribution is 2.30. The molecule has 0 atom stereocenters. The number of halogens is 2. The Kier molecular flexibility index (Phi) is 7.78. The van der Waals surface area contributed by atoms with Gasteiger partial charge in [-0.25, -0.2) is 9.37 Å². The van der Waals surface area contributed by atoms with Crippen LogP contribution in [0.2, 0.25) is 0 Å². The van der Waals surface area contributed by atoms with Crippen LogP contribution >= 0.6 is 23.7 Å². The van der Waals surface area contributed by atoms with Crippen LogP contribution < -0.4 is 4.90 Å². The van der Waals surface area contributed by atoms with Gasteiger partial charge >= 0.3 is 0 Å². The molecule has 0 radical (unpaired) electrons. The van der Waals surface area contributed by atoms with Crippen molar-refractivity contribution in [2.24, 2.45) is 0 Å². The molecule has 7 nitrogen and oxygen atoms in total. The number of nitrogens with zero attached hydrogens (tertiary/aromatic N) is 4. The quantitative estimate of drug-likeness (QED) is 0.449. The second kappa shape index (κ2) is 10.4. The highest BCUT2D eigenvalue weighted by molar-refractivity contribution is 7.22. The zero-order valence-electron chi connectivity index (χ0n) is 18.3. The molecule has 4 rings (SSSR count). The summed E-state index contributed by atoms with van der Waals surface area (Å²) in [7, 11) is 0. The molecule has 0 unspecified atom stereocenters. The molecule has 33 heavy (non-hydrogen) atoms. The molecule has 174 valence electrons. The lowest BCUT2D eigenvalue weighted by atomic mass is 10.1. The Morgan fingerprint density at radius 2 is 1.67 bits per heavy atom. The number of hydrogen-bond donors (Lipinski definition) is 0. The predicted molar refractivity (Wildman–Crippen MR) is 129 cm³/mol. The smallest absolute Gasteiger partial charge is 0.262 e. The fourth-order valence-corrected chi connectivity index (χ4v) is 4.75. The van der Waals surface area contributed by atoms with E-state index in [0.717, 1.165) is 18.0 Å². The molecule has 1 aliphatic rings. The van der Waals surface area contributed by atoms with Crippen molar-refractivity contribution in [1.29, 1.82) is 0 Å². The first-order valence-electron chi connectivity index (χ1n) is 10.5. The normalized spacial score (nSPS) is 12.9. The molecule has 0 saturated carbocycles. The van der Waals surface area contributed by atoms with E-state index in [4.69, 9.17) is 0 Å². The van der Waals surface area contributed by atoms with Gasteiger partial charge in [-0.2, -0.15) is 0 Å². The van der Waals surface area contributed by atoms with Crippen LogP contribution in [0.5, 0.6) is 0 Å². The van der Waals surface area contributed by atoms with Crippen LogP contribution in [-0.4, -0.2) is 65.2 Å². The van der Waals surface area contributed by atoms with Gasteiger partial charge in [-0.15, -0.1) is 12.4 Å². The number of imide groups is 1. The average molecular weight is 491 g/mol. The van der Waals surface area contributed by atoms with Gasteiger partial charge in [-0.3, -0.25) is 24.2 Å². The van der Waals surface area contributed by atoms with E-state index in [0.29, 0.717) is 39.6 Å². The van der Waals surface area contributed by atoms with Crippen LogP contribution in [-0.2, 0) is 4.79 Å². The molecule has 3 amide bonds. The zero-order valence-corrected chi connectivity index (χ0v) is 19.9. The van der Waals surface area contributed by atoms with Crippen LogP contribution in [0.1, 0.15) is 34.6 Å². The van der Waals surface area contributed by atoms with E-state index >= 15 is 0 Å². The lowest BCUT2D eigenvalue weighted by Crippen LogP contribution is -2.45. The Balaban J connectivity index is 0.00000306. The van der Waals surface area contributed by atoms with Crippen molar-refractivity contribution in [2.75, 3.05) is 37.6 Å². The third kappa shape index (κ3) is 4.90. The van der Waals surface area contributed by atoms with Gasteiger partial charge in [0.2, 0.25) is 5.91 Å². The van der Waals surface area contributed by atoms with Crippen molar-refractivity contribution >= 4 is 56.8 Å². The maximum absolute atomic E-state index is 13.6. The number of amides is 3. The van der Waals surface area contributed by atoms with Crippen molar-refractivity contribution in [3.05, 3.63) is 59.4 Å². The fraction of sp³-hybridized carbons (Fsp3) is 0.304. The highest BCUT2D eigenvalue weighted by Gasteiger charge is 2.37. The standard InChI is InChI=1S/C23H23FN4O3S.ClH/c1-3-26(4-2)11-12-27(23-25-18-10-9-15(24)13-19(18)32-23)20(29)14-28-21(30)16-7-5-6-8-17(16)22(28)31;/h5-10,13H,3-4,11-12,14H2,1-2H3;1H. The summed E-state index contributed by atoms with van der Waals surface area (Å²) in [6, 6.07) is 10.8. The summed E-state index contributed by atoms with van der Waals surface area (Å²) in [6.45, 7) is 6.28. The lowest BCUT2D eigenvalue weighted by Gasteiger charge is -2.26. The lowest BCUT2D eigenvalue weighted by molar-refractivity contribution is -0.119. The summed E-state index contributed by atoms with van der Waals surface area (Å²) in [6.07, 6.45) is 0. The molecule has 10 heteroatoms. The van der Waals surface area contributed by atoms with Crippen molar-refractivity contribution in [2.45, 2.75) is 13.8 Å². The van der Waals surface area contributed by atoms with Crippen molar-refractivity contribution in [3.8, 4) is 0 Å². The summed E-state index contributed by atoms with van der Waals surface area (Å²) < 4.78 is 14.3. The van der Waals surface area contributed by atoms with Crippen molar-refractivity contribution < 1.29 is 18.8 Å². The Hall–Kier alpha value is -2.88. The fourth-order valence-electron chi connectivity index (χ4n) is 3.71. The van der Waals surface area contributed by atoms with Gasteiger partial charge < -0.3 is 4.90 Å². The molecule has 0 saturated heterocycles. The number of aromatic nitrogens is 1. The number of likely N-dealkylation sites (N-methyl/N-ethyl adjacent to an activating group) is 1. The number of carbonyl (C=O) groups is 3. The first-order chi connectivity index (χ1) is 15.4. The predicted octanol–water partition coefficient (Wildman–Crippen LogP) is 3.83. The van der Waals surface area contributed by atoms with Crippen molar-refractivity contribution in [3.63, 3.8) is 0 Å². The molecule has 0 aliphatic carbocycles. The molecule has 2 heterocycles. The number of rotatable bonds is 8. The number of anilines is 1. The van der Waals surface area contributed by atoms with Crippen LogP contribution in [0, 0.1) is 5.82 Å². The van der Waals surface area contributed by atoms with Crippen molar-refractivity contribution in [1.82, 2.24) is 14.8 Å². The summed E-state index contributed by atoms with van der Waals surface area (Å²) in [5.41, 5.74) is 1.19. The minimum atomic E-state index is -0.478. The highest BCUT2D eigenvalue weighted by atomic mass is 35.5. The minimum Gasteiger partial charge on any atom is -0.302 e. The Morgan fingerprint density at radius 3 is 2.27 bits per heavy atom. The number of carbonyl (C=O) groups excluding carboxylic acids is 3. The van der Waals surface area contributed by atoms with Crippen LogP contribution in [0.3, 0.4) is 0 Å². The summed E-state index contributed by atoms with van der Waals surface area (Å²) in [4.78, 5) is 47.9. The number of benzene rings is 2. The second-order valence-corrected chi connectivity index (χ2v) is 8.43. The van der Waals surface area contributed by atoms with E-state index < -0.39 is 17.7 Å². The van der Waals surface area contributed by atoms with Gasteiger partial charge in [0.15, 0.2) is 5.13 Å². The third-order valence-corrected chi connectivity index (χ3v) is 6.62. The van der Waals surface area contributed by atoms with E-state index in [1.54, 1.807) is 30.3 Å². The topological polar surface area (TPSA) is 73.8 Å². The summed E-state index contributed by atoms with van der Waals surface area (Å²) in [5.74, 6) is -1.74. The van der Waals surface area contributed by atoms with E-state index in [9.17, 15) is 18.8 Å². The summed E-state index contributed by atoms with van der Waals surface area (Å²) in [5, 5.41) is 0.416. The zero-order chi connectivity index (χ0) is 22.8. The van der Waals surface area contributed by atoms with Crippen LogP contribution in [0.25, 0.3) is 10.2 Å². The molecule has 2 aromatic carbocycles. The largest absolute Gasteiger partial charge is 0.302 e. The first-order valence-corrected chi connectivity index (χ1v) is 11.3. The Morgan fingerprint density at radius 1 is 1.03 bits per heavy atom. The number of thiazole rings is 1. The van der Waals surface area contributed by atoms with E-state index in [1.807, 2.05) is 13.8 Å². The molecular formula is C23H24ClFN4O3S. The molecule has 1 aliphatic heterocycles. The van der Waals surface area contributed by atoms with Crippen LogP contribution in [0.15, 0.2) is 42.5 Å². The molecule has 3 aromatic rings. The van der Waals surface area contributed by atoms with Gasteiger partial charge in [-0.05, 0) is 43.4 Å². The molecule has 0 bridgehead atoms. The van der Waals surface area contributed by atoms with Gasteiger partial charge in [0.05, 0.1) is 21.3 Å². The summed E-state index contributed by atoms with van der Waals surface area (Å²) >= 11 is 1.21. The molecule has 0 N–H and O–H groups in total. The molecular weight excluding hydrogens is 467 g/mol. The average Bonchev–Trinajstić information content (AvgIpc) is 3.31. The minimum absolute atomic E-state index is 0. The SMILES string of the molecule is CCN(CC)CCN(C(=O)CN1C(=O)c2ccccc2C1=O)c1nc2ccc(F)cc2s1.Cl. The Labute approximate surface area is 201 Å². The molecule has 0 fully saturated rings. The van der Waals surface area contributed by atoms with Gasteiger partial charge in [0.1, 0.15) is 12.4 Å². The maximum atomic E-state index is 13.6. The Bertz CT molecular complexity index is 1160. The second-order valence-electron chi connectivity index (χ2n) is 7.42. The monoisotopic (exact) mass is 490 g/mol. The van der Waals surface area contributed by atoms with Gasteiger partial charge in [0.25, 0.3) is 11.8 Å². The molecule has 1 aromatic heterocycles. The maximum Gasteiger partial charge on any atom is 0.262 e. The van der Waals surface area contributed by atoms with Crippen LogP contribution in [0.4, 0.5) is 9.52 Å². The van der Waals surface area contributed by atoms with Gasteiger partial charge in [0, 0.05) is 13.1 Å². The first kappa shape index (κ1) is 24.8. The van der Waals surface area contributed by atoms with E-state index in [-0.39, 0.29) is 24.8 Å².